The second-order valence-electron chi connectivity index (χ2n) is 5.23. The zero-order valence-electron chi connectivity index (χ0n) is 10.1. The molecule has 1 aromatic carbocycles. The Balaban J connectivity index is 2.40. The van der Waals surface area contributed by atoms with Gasteiger partial charge in [-0.3, -0.25) is 0 Å². The van der Waals surface area contributed by atoms with E-state index in [1.807, 2.05) is 0 Å². The Morgan fingerprint density at radius 1 is 1.31 bits per heavy atom. The number of hydrogen-bond donors (Lipinski definition) is 2. The molecule has 3 heteroatoms. The zero-order chi connectivity index (χ0) is 12.2. The lowest BCUT2D eigenvalue weighted by atomic mass is 9.89. The van der Waals surface area contributed by atoms with Gasteiger partial charge in [0.05, 0.1) is 6.10 Å². The van der Waals surface area contributed by atoms with Crippen molar-refractivity contribution in [1.82, 2.24) is 0 Å². The summed E-state index contributed by atoms with van der Waals surface area (Å²) in [6.07, 6.45) is 0.202. The van der Waals surface area contributed by atoms with Gasteiger partial charge in [0.1, 0.15) is 18.1 Å². The maximum atomic E-state index is 9.73. The van der Waals surface area contributed by atoms with Gasteiger partial charge in [0.15, 0.2) is 0 Å². The number of hydrogen-bond acceptors (Lipinski definition) is 3. The van der Waals surface area contributed by atoms with Gasteiger partial charge >= 0.3 is 0 Å². The highest BCUT2D eigenvalue weighted by Crippen LogP contribution is 2.22. The van der Waals surface area contributed by atoms with Gasteiger partial charge < -0.3 is 14.9 Å². The molecule has 0 amide bonds. The van der Waals surface area contributed by atoms with Crippen LogP contribution < -0.4 is 4.74 Å². The lowest BCUT2D eigenvalue weighted by Gasteiger charge is -2.22. The fourth-order valence-corrected chi connectivity index (χ4v) is 1.53. The van der Waals surface area contributed by atoms with E-state index in [4.69, 9.17) is 4.74 Å². The maximum absolute atomic E-state index is 9.73. The molecule has 0 aliphatic heterocycles. The van der Waals surface area contributed by atoms with Crippen molar-refractivity contribution in [2.24, 2.45) is 5.41 Å². The van der Waals surface area contributed by atoms with Gasteiger partial charge in [0.2, 0.25) is 0 Å². The van der Waals surface area contributed by atoms with Crippen LogP contribution in [0.5, 0.6) is 11.5 Å². The first kappa shape index (κ1) is 12.8. The van der Waals surface area contributed by atoms with Gasteiger partial charge in [-0.05, 0) is 24.0 Å². The molecule has 0 aliphatic rings. The number of aliphatic hydroxyl groups excluding tert-OH is 1. The molecule has 0 spiro atoms. The lowest BCUT2D eigenvalue weighted by Crippen LogP contribution is -2.23. The van der Waals surface area contributed by atoms with Gasteiger partial charge in [-0.25, -0.2) is 0 Å². The van der Waals surface area contributed by atoms with Crippen LogP contribution in [0, 0.1) is 5.41 Å². The van der Waals surface area contributed by atoms with Crippen LogP contribution in [0.4, 0.5) is 0 Å². The highest BCUT2D eigenvalue weighted by molar-refractivity contribution is 5.31. The quantitative estimate of drug-likeness (QED) is 0.826. The van der Waals surface area contributed by atoms with Crippen LogP contribution in [0.2, 0.25) is 0 Å². The molecule has 3 nitrogen and oxygen atoms in total. The van der Waals surface area contributed by atoms with E-state index in [1.54, 1.807) is 18.2 Å². The van der Waals surface area contributed by atoms with Crippen LogP contribution in [0.1, 0.15) is 27.2 Å². The molecular formula is C13H20O3. The molecule has 0 aromatic heterocycles. The molecule has 0 aliphatic carbocycles. The minimum absolute atomic E-state index is 0.0849. The van der Waals surface area contributed by atoms with Crippen LogP contribution in [-0.4, -0.2) is 22.9 Å². The average molecular weight is 224 g/mol. The van der Waals surface area contributed by atoms with Crippen LogP contribution in [0.15, 0.2) is 24.3 Å². The average Bonchev–Trinajstić information content (AvgIpc) is 2.12. The monoisotopic (exact) mass is 224 g/mol. The summed E-state index contributed by atoms with van der Waals surface area (Å²) < 4.78 is 5.38. The highest BCUT2D eigenvalue weighted by Gasteiger charge is 2.17. The molecule has 1 rings (SSSR count). The standard InChI is InChI=1S/C13H20O3/c1-13(2,3)8-11(15)9-16-12-6-4-5-10(14)7-12/h4-7,11,14-15H,8-9H2,1-3H3. The summed E-state index contributed by atoms with van der Waals surface area (Å²) in [6.45, 7) is 6.47. The first-order valence-corrected chi connectivity index (χ1v) is 5.47. The van der Waals surface area contributed by atoms with E-state index >= 15 is 0 Å². The van der Waals surface area contributed by atoms with Crippen molar-refractivity contribution in [2.45, 2.75) is 33.3 Å². The number of rotatable bonds is 4. The Kier molecular flexibility index (Phi) is 4.19. The zero-order valence-corrected chi connectivity index (χ0v) is 10.1. The number of phenols is 1. The van der Waals surface area contributed by atoms with Crippen molar-refractivity contribution in [3.8, 4) is 11.5 Å². The summed E-state index contributed by atoms with van der Waals surface area (Å²) in [4.78, 5) is 0. The Morgan fingerprint density at radius 2 is 2.00 bits per heavy atom. The molecule has 2 N–H and O–H groups in total. The number of ether oxygens (including phenoxy) is 1. The van der Waals surface area contributed by atoms with E-state index in [0.717, 1.165) is 0 Å². The van der Waals surface area contributed by atoms with Crippen LogP contribution in [0.3, 0.4) is 0 Å². The van der Waals surface area contributed by atoms with Crippen molar-refractivity contribution in [3.63, 3.8) is 0 Å². The molecule has 0 bridgehead atoms. The van der Waals surface area contributed by atoms with Crippen molar-refractivity contribution in [3.05, 3.63) is 24.3 Å². The van der Waals surface area contributed by atoms with Crippen LogP contribution in [0.25, 0.3) is 0 Å². The second kappa shape index (κ2) is 5.21. The first-order valence-electron chi connectivity index (χ1n) is 5.47. The number of aliphatic hydroxyl groups is 1. The molecule has 0 fully saturated rings. The van der Waals surface area contributed by atoms with Crippen molar-refractivity contribution >= 4 is 0 Å². The summed E-state index contributed by atoms with van der Waals surface area (Å²) in [5, 5.41) is 19.0. The molecule has 0 saturated carbocycles. The number of aromatic hydroxyl groups is 1. The van der Waals surface area contributed by atoms with Gasteiger partial charge in [-0.15, -0.1) is 0 Å². The Labute approximate surface area is 96.7 Å². The molecule has 0 radical (unpaired) electrons. The molecule has 1 atom stereocenters. The van der Waals surface area contributed by atoms with Crippen molar-refractivity contribution in [2.75, 3.05) is 6.61 Å². The predicted molar refractivity (Wildman–Crippen MR) is 63.7 cm³/mol. The fraction of sp³-hybridized carbons (Fsp3) is 0.538. The first-order chi connectivity index (χ1) is 7.37. The van der Waals surface area contributed by atoms with Crippen LogP contribution >= 0.6 is 0 Å². The summed E-state index contributed by atoms with van der Waals surface area (Å²) in [5.74, 6) is 0.746. The summed E-state index contributed by atoms with van der Waals surface area (Å²) in [5.41, 5.74) is 0.0849. The minimum Gasteiger partial charge on any atom is -0.508 e. The summed E-state index contributed by atoms with van der Waals surface area (Å²) in [7, 11) is 0. The Bertz CT molecular complexity index is 328. The highest BCUT2D eigenvalue weighted by atomic mass is 16.5. The SMILES string of the molecule is CC(C)(C)CC(O)COc1cccc(O)c1. The van der Waals surface area contributed by atoms with E-state index in [1.165, 1.54) is 6.07 Å². The third-order valence-corrected chi connectivity index (χ3v) is 2.11. The van der Waals surface area contributed by atoms with Gasteiger partial charge in [0, 0.05) is 6.07 Å². The van der Waals surface area contributed by atoms with Crippen molar-refractivity contribution < 1.29 is 14.9 Å². The Hall–Kier alpha value is -1.22. The minimum atomic E-state index is -0.484. The normalized spacial score (nSPS) is 13.5. The third-order valence-electron chi connectivity index (χ3n) is 2.11. The molecule has 0 saturated heterocycles. The van der Waals surface area contributed by atoms with E-state index in [0.29, 0.717) is 12.2 Å². The van der Waals surface area contributed by atoms with E-state index < -0.39 is 6.10 Å². The lowest BCUT2D eigenvalue weighted by molar-refractivity contribution is 0.0709. The third kappa shape index (κ3) is 5.03. The molecule has 1 aromatic rings. The van der Waals surface area contributed by atoms with E-state index in [-0.39, 0.29) is 17.8 Å². The number of benzene rings is 1. The van der Waals surface area contributed by atoms with Gasteiger partial charge in [-0.1, -0.05) is 26.8 Å². The van der Waals surface area contributed by atoms with E-state index in [2.05, 4.69) is 20.8 Å². The van der Waals surface area contributed by atoms with Crippen LogP contribution in [-0.2, 0) is 0 Å². The predicted octanol–water partition coefficient (Wildman–Crippen LogP) is 2.57. The molecule has 0 heterocycles. The smallest absolute Gasteiger partial charge is 0.123 e. The summed E-state index contributed by atoms with van der Waals surface area (Å²) in [6, 6.07) is 6.58. The Morgan fingerprint density at radius 3 is 2.56 bits per heavy atom. The van der Waals surface area contributed by atoms with E-state index in [9.17, 15) is 10.2 Å². The maximum Gasteiger partial charge on any atom is 0.123 e. The molecular weight excluding hydrogens is 204 g/mol. The molecule has 16 heavy (non-hydrogen) atoms. The number of phenolic OH excluding ortho intramolecular Hbond substituents is 1. The molecule has 1 unspecified atom stereocenters. The second-order valence-corrected chi connectivity index (χ2v) is 5.23. The fourth-order valence-electron chi connectivity index (χ4n) is 1.53. The van der Waals surface area contributed by atoms with Gasteiger partial charge in [-0.2, -0.15) is 0 Å². The molecule has 90 valence electrons. The van der Waals surface area contributed by atoms with Crippen molar-refractivity contribution in [1.29, 1.82) is 0 Å². The van der Waals surface area contributed by atoms with Gasteiger partial charge in [0.25, 0.3) is 0 Å². The summed E-state index contributed by atoms with van der Waals surface area (Å²) >= 11 is 0. The largest absolute Gasteiger partial charge is 0.508 e. The topological polar surface area (TPSA) is 49.7 Å².